The molecule has 1 aromatic rings. The smallest absolute Gasteiger partial charge is 0.414 e. The largest absolute Gasteiger partial charge is 1.00 e. The van der Waals surface area contributed by atoms with Gasteiger partial charge in [0.25, 0.3) is 0 Å². The minimum Gasteiger partial charge on any atom is -1.00 e. The number of nitrogens with zero attached hydrogens (tertiary/aromatic N) is 1. The molecule has 0 heterocycles. The van der Waals surface area contributed by atoms with Crippen LogP contribution in [0.5, 0.6) is 5.75 Å². The van der Waals surface area contributed by atoms with Crippen LogP contribution in [0.4, 0.5) is 4.79 Å². The van der Waals surface area contributed by atoms with Crippen LogP contribution in [0.2, 0.25) is 0 Å². The zero-order valence-corrected chi connectivity index (χ0v) is 11.7. The van der Waals surface area contributed by atoms with Crippen molar-refractivity contribution in [2.45, 2.75) is 18.9 Å². The number of aryl methyl sites for hydroxylation is 1. The van der Waals surface area contributed by atoms with Gasteiger partial charge in [-0.15, -0.1) is 0 Å². The Morgan fingerprint density at radius 1 is 1.44 bits per heavy atom. The number of carbonyl (C=O) groups excluding carboxylic acids is 1. The van der Waals surface area contributed by atoms with Crippen LogP contribution in [0.1, 0.15) is 23.6 Å². The molecule has 1 aliphatic carbocycles. The van der Waals surface area contributed by atoms with Crippen molar-refractivity contribution in [3.05, 3.63) is 29.3 Å². The van der Waals surface area contributed by atoms with Crippen LogP contribution < -0.4 is 22.5 Å². The van der Waals surface area contributed by atoms with Crippen LogP contribution in [0, 0.1) is 0 Å². The molecule has 1 aliphatic rings. The number of hydrogen-bond donors (Lipinski definition) is 1. The third-order valence-electron chi connectivity index (χ3n) is 3.21. The fourth-order valence-electron chi connectivity index (χ4n) is 2.21. The minimum atomic E-state index is -0.333. The molecule has 1 aromatic carbocycles. The average molecular weight is 271 g/mol. The highest BCUT2D eigenvalue weighted by molar-refractivity contribution is 5.70. The second-order valence-corrected chi connectivity index (χ2v) is 4.60. The van der Waals surface area contributed by atoms with Crippen LogP contribution in [0.25, 0.3) is 0 Å². The second-order valence-electron chi connectivity index (χ2n) is 4.60. The molecule has 2 rings (SSSR count). The van der Waals surface area contributed by atoms with E-state index in [9.17, 15) is 4.79 Å². The first-order chi connectivity index (χ1) is 8.11. The molecule has 0 aliphatic heterocycles. The first kappa shape index (κ1) is 14.8. The lowest BCUT2D eigenvalue weighted by atomic mass is 10.1. The Morgan fingerprint density at radius 3 is 2.78 bits per heavy atom. The van der Waals surface area contributed by atoms with Crippen LogP contribution >= 0.6 is 0 Å². The molecule has 100 valence electrons. The molecular weight excluding hydrogens is 252 g/mol. The highest BCUT2D eigenvalue weighted by Gasteiger charge is 2.24. The summed E-state index contributed by atoms with van der Waals surface area (Å²) < 4.78 is 5.27. The predicted molar refractivity (Wildman–Crippen MR) is 65.1 cm³/mol. The zero-order chi connectivity index (χ0) is 12.4. The summed E-state index contributed by atoms with van der Waals surface area (Å²) in [5.74, 6) is 0.635. The second kappa shape index (κ2) is 6.07. The van der Waals surface area contributed by atoms with E-state index < -0.39 is 0 Å². The topological polar surface area (TPSA) is 46.1 Å². The summed E-state index contributed by atoms with van der Waals surface area (Å²) in [5.41, 5.74) is 2.68. The van der Waals surface area contributed by atoms with Crippen LogP contribution in [0.3, 0.4) is 0 Å². The molecule has 18 heavy (non-hydrogen) atoms. The van der Waals surface area contributed by atoms with E-state index >= 15 is 0 Å². The standard InChI is InChI=1S/C13H18N2O2.ClH/c1-14-12-7-5-9-4-6-10(8-11(9)12)17-13(16)15(2)3;/h4,6,8,12,14H,5,7H2,1-3H3;1H. The quantitative estimate of drug-likeness (QED) is 0.671. The number of benzene rings is 1. The lowest BCUT2D eigenvalue weighted by Gasteiger charge is -2.12. The lowest BCUT2D eigenvalue weighted by Crippen LogP contribution is -3.00. The van der Waals surface area contributed by atoms with Gasteiger partial charge in [-0.1, -0.05) is 6.07 Å². The number of ether oxygens (including phenoxy) is 1. The lowest BCUT2D eigenvalue weighted by molar-refractivity contribution is -0.669. The molecule has 0 saturated heterocycles. The number of carbonyl (C=O) groups is 1. The SMILES string of the molecule is C[NH2+]C1CCc2ccc(OC(=O)N(C)C)cc21.[Cl-]. The van der Waals surface area contributed by atoms with Crippen molar-refractivity contribution in [2.75, 3.05) is 21.1 Å². The van der Waals surface area contributed by atoms with Crippen molar-refractivity contribution >= 4 is 6.09 Å². The van der Waals surface area contributed by atoms with E-state index in [1.54, 1.807) is 14.1 Å². The summed E-state index contributed by atoms with van der Waals surface area (Å²) in [5, 5.41) is 2.21. The van der Waals surface area contributed by atoms with Gasteiger partial charge >= 0.3 is 6.09 Å². The van der Waals surface area contributed by atoms with E-state index in [1.165, 1.54) is 16.0 Å². The van der Waals surface area contributed by atoms with Gasteiger partial charge < -0.3 is 27.4 Å². The summed E-state index contributed by atoms with van der Waals surface area (Å²) in [6.45, 7) is 0. The maximum absolute atomic E-state index is 11.5. The third-order valence-corrected chi connectivity index (χ3v) is 3.21. The van der Waals surface area contributed by atoms with Crippen molar-refractivity contribution in [2.24, 2.45) is 0 Å². The molecule has 0 fully saturated rings. The molecule has 0 bridgehead atoms. The van der Waals surface area contributed by atoms with Gasteiger partial charge in [-0.2, -0.15) is 0 Å². The molecule has 0 radical (unpaired) electrons. The number of hydrogen-bond acceptors (Lipinski definition) is 2. The zero-order valence-electron chi connectivity index (χ0n) is 10.9. The van der Waals surface area contributed by atoms with Crippen molar-refractivity contribution < 1.29 is 27.3 Å². The Labute approximate surface area is 114 Å². The Hall–Kier alpha value is -1.26. The molecule has 0 aromatic heterocycles. The van der Waals surface area contributed by atoms with Crippen LogP contribution in [-0.4, -0.2) is 32.1 Å². The van der Waals surface area contributed by atoms with Crippen LogP contribution in [0.15, 0.2) is 18.2 Å². The molecule has 0 saturated carbocycles. The van der Waals surface area contributed by atoms with Gasteiger partial charge in [0, 0.05) is 26.1 Å². The van der Waals surface area contributed by atoms with Gasteiger partial charge in [0.15, 0.2) is 0 Å². The molecule has 5 heteroatoms. The Balaban J connectivity index is 0.00000162. The highest BCUT2D eigenvalue weighted by atomic mass is 35.5. The fourth-order valence-corrected chi connectivity index (χ4v) is 2.21. The summed E-state index contributed by atoms with van der Waals surface area (Å²) in [4.78, 5) is 12.9. The van der Waals surface area contributed by atoms with Crippen molar-refractivity contribution in [3.63, 3.8) is 0 Å². The number of nitrogens with two attached hydrogens (primary N) is 1. The fraction of sp³-hybridized carbons (Fsp3) is 0.462. The van der Waals surface area contributed by atoms with E-state index in [4.69, 9.17) is 4.74 Å². The van der Waals surface area contributed by atoms with Crippen molar-refractivity contribution in [3.8, 4) is 5.75 Å². The van der Waals surface area contributed by atoms with Gasteiger partial charge in [0.2, 0.25) is 0 Å². The third kappa shape index (κ3) is 2.94. The first-order valence-electron chi connectivity index (χ1n) is 5.93. The Bertz CT molecular complexity index is 435. The maximum atomic E-state index is 11.5. The molecule has 1 atom stereocenters. The van der Waals surface area contributed by atoms with Crippen molar-refractivity contribution in [1.29, 1.82) is 0 Å². The molecular formula is C13H19ClN2O2. The van der Waals surface area contributed by atoms with Crippen LogP contribution in [-0.2, 0) is 6.42 Å². The van der Waals surface area contributed by atoms with Gasteiger partial charge in [0.05, 0.1) is 7.05 Å². The number of quaternary nitrogens is 1. The normalized spacial score (nSPS) is 16.7. The summed E-state index contributed by atoms with van der Waals surface area (Å²) in [6.07, 6.45) is 1.95. The van der Waals surface area contributed by atoms with Gasteiger partial charge in [-0.05, 0) is 24.1 Å². The maximum Gasteiger partial charge on any atom is 0.414 e. The first-order valence-corrected chi connectivity index (χ1v) is 5.93. The molecule has 2 N–H and O–H groups in total. The van der Waals surface area contributed by atoms with Gasteiger partial charge in [0.1, 0.15) is 11.8 Å². The molecule has 1 unspecified atom stereocenters. The van der Waals surface area contributed by atoms with Gasteiger partial charge in [-0.3, -0.25) is 0 Å². The Morgan fingerprint density at radius 2 is 2.17 bits per heavy atom. The number of rotatable bonds is 2. The summed E-state index contributed by atoms with van der Waals surface area (Å²) in [6, 6.07) is 6.44. The van der Waals surface area contributed by atoms with E-state index in [0.717, 1.165) is 12.8 Å². The van der Waals surface area contributed by atoms with E-state index in [1.807, 2.05) is 12.1 Å². The number of amides is 1. The molecule has 4 nitrogen and oxygen atoms in total. The minimum absolute atomic E-state index is 0. The molecule has 0 spiro atoms. The molecule has 1 amide bonds. The van der Waals surface area contributed by atoms with Gasteiger partial charge in [-0.25, -0.2) is 4.79 Å². The number of halogens is 1. The van der Waals surface area contributed by atoms with E-state index in [0.29, 0.717) is 11.8 Å². The predicted octanol–water partition coefficient (Wildman–Crippen LogP) is -2.07. The van der Waals surface area contributed by atoms with Crippen molar-refractivity contribution in [1.82, 2.24) is 4.90 Å². The summed E-state index contributed by atoms with van der Waals surface area (Å²) in [7, 11) is 5.44. The monoisotopic (exact) mass is 270 g/mol. The number of fused-ring (bicyclic) bond motifs is 1. The Kier molecular flexibility index (Phi) is 4.99. The summed E-state index contributed by atoms with van der Waals surface area (Å²) >= 11 is 0. The van der Waals surface area contributed by atoms with E-state index in [2.05, 4.69) is 18.4 Å². The highest BCUT2D eigenvalue weighted by Crippen LogP contribution is 2.31. The average Bonchev–Trinajstić information content (AvgIpc) is 2.71. The van der Waals surface area contributed by atoms with E-state index in [-0.39, 0.29) is 18.5 Å².